The van der Waals surface area contributed by atoms with Gasteiger partial charge in [-0.3, -0.25) is 4.98 Å². The monoisotopic (exact) mass is 257 g/mol. The molecule has 1 aliphatic carbocycles. The first-order chi connectivity index (χ1) is 6.61. The van der Waals surface area contributed by atoms with Crippen molar-refractivity contribution in [3.05, 3.63) is 27.7 Å². The molecule has 0 N–H and O–H groups in total. The fourth-order valence-electron chi connectivity index (χ4n) is 1.64. The third kappa shape index (κ3) is 1.70. The maximum Gasteiger partial charge on any atom is 0.146 e. The number of hydrogen-bond acceptors (Lipinski definition) is 1. The molecule has 3 heteroatoms. The minimum absolute atomic E-state index is 0.163. The molecular weight excluding hydrogens is 245 g/mol. The van der Waals surface area contributed by atoms with Gasteiger partial charge in [0.25, 0.3) is 0 Å². The average molecular weight is 258 g/mol. The molecule has 0 unspecified atom stereocenters. The highest BCUT2D eigenvalue weighted by molar-refractivity contribution is 9.10. The second-order valence-corrected chi connectivity index (χ2v) is 4.94. The van der Waals surface area contributed by atoms with Gasteiger partial charge in [0.2, 0.25) is 0 Å². The zero-order valence-electron chi connectivity index (χ0n) is 8.35. The van der Waals surface area contributed by atoms with E-state index in [1.165, 1.54) is 6.20 Å². The highest BCUT2D eigenvalue weighted by atomic mass is 79.9. The van der Waals surface area contributed by atoms with Crippen molar-refractivity contribution in [3.8, 4) is 0 Å². The third-order valence-electron chi connectivity index (χ3n) is 2.57. The fourth-order valence-corrected chi connectivity index (χ4v) is 2.72. The van der Waals surface area contributed by atoms with Gasteiger partial charge in [0.15, 0.2) is 0 Å². The first kappa shape index (κ1) is 10.1. The minimum atomic E-state index is -0.163. The van der Waals surface area contributed by atoms with Crippen LogP contribution in [0.3, 0.4) is 0 Å². The minimum Gasteiger partial charge on any atom is -0.257 e. The first-order valence-corrected chi connectivity index (χ1v) is 5.74. The molecule has 1 fully saturated rings. The van der Waals surface area contributed by atoms with Crippen LogP contribution in [0.1, 0.15) is 49.8 Å². The molecule has 2 rings (SSSR count). The summed E-state index contributed by atoms with van der Waals surface area (Å²) < 4.78 is 14.4. The summed E-state index contributed by atoms with van der Waals surface area (Å²) in [4.78, 5) is 4.13. The first-order valence-electron chi connectivity index (χ1n) is 4.95. The summed E-state index contributed by atoms with van der Waals surface area (Å²) in [5, 5.41) is 0. The summed E-state index contributed by atoms with van der Waals surface area (Å²) in [7, 11) is 0. The van der Waals surface area contributed by atoms with Crippen LogP contribution in [0.25, 0.3) is 0 Å². The molecule has 1 heterocycles. The largest absolute Gasteiger partial charge is 0.257 e. The molecule has 0 bridgehead atoms. The van der Waals surface area contributed by atoms with Crippen molar-refractivity contribution in [2.45, 2.75) is 38.5 Å². The van der Waals surface area contributed by atoms with Crippen molar-refractivity contribution >= 4 is 15.9 Å². The van der Waals surface area contributed by atoms with Crippen molar-refractivity contribution in [2.24, 2.45) is 0 Å². The molecule has 0 radical (unpaired) electrons. The van der Waals surface area contributed by atoms with Crippen LogP contribution in [-0.4, -0.2) is 4.98 Å². The van der Waals surface area contributed by atoms with Crippen LogP contribution >= 0.6 is 15.9 Å². The van der Waals surface area contributed by atoms with E-state index in [2.05, 4.69) is 34.8 Å². The van der Waals surface area contributed by atoms with Gasteiger partial charge in [-0.1, -0.05) is 13.8 Å². The SMILES string of the molecule is CC(C)c1ncc(F)c(C2CC2)c1Br. The summed E-state index contributed by atoms with van der Waals surface area (Å²) in [6.07, 6.45) is 3.57. The van der Waals surface area contributed by atoms with Crippen LogP contribution in [-0.2, 0) is 0 Å². The van der Waals surface area contributed by atoms with Crippen molar-refractivity contribution in [3.63, 3.8) is 0 Å². The summed E-state index contributed by atoms with van der Waals surface area (Å²) in [5.74, 6) is 0.594. The van der Waals surface area contributed by atoms with Crippen molar-refractivity contribution < 1.29 is 4.39 Å². The van der Waals surface area contributed by atoms with E-state index in [0.717, 1.165) is 28.6 Å². The molecule has 0 aliphatic heterocycles. The van der Waals surface area contributed by atoms with E-state index in [0.29, 0.717) is 11.8 Å². The highest BCUT2D eigenvalue weighted by Crippen LogP contribution is 2.45. The molecule has 1 saturated carbocycles. The Hall–Kier alpha value is -0.440. The second-order valence-electron chi connectivity index (χ2n) is 4.15. The van der Waals surface area contributed by atoms with Gasteiger partial charge in [0.1, 0.15) is 5.82 Å². The fraction of sp³-hybridized carbons (Fsp3) is 0.545. The molecule has 0 aromatic carbocycles. The molecule has 0 amide bonds. The van der Waals surface area contributed by atoms with E-state index >= 15 is 0 Å². The maximum absolute atomic E-state index is 13.5. The highest BCUT2D eigenvalue weighted by Gasteiger charge is 2.30. The second kappa shape index (κ2) is 3.61. The number of pyridine rings is 1. The van der Waals surface area contributed by atoms with Gasteiger partial charge in [-0.05, 0) is 40.6 Å². The Morgan fingerprint density at radius 2 is 2.14 bits per heavy atom. The summed E-state index contributed by atoms with van der Waals surface area (Å²) >= 11 is 3.47. The summed E-state index contributed by atoms with van der Waals surface area (Å²) in [6, 6.07) is 0. The van der Waals surface area contributed by atoms with E-state index < -0.39 is 0 Å². The molecule has 14 heavy (non-hydrogen) atoms. The summed E-state index contributed by atoms with van der Waals surface area (Å²) in [5.41, 5.74) is 1.80. The van der Waals surface area contributed by atoms with Gasteiger partial charge in [0.05, 0.1) is 11.9 Å². The quantitative estimate of drug-likeness (QED) is 0.781. The molecule has 0 saturated heterocycles. The molecule has 76 valence electrons. The van der Waals surface area contributed by atoms with Crippen LogP contribution in [0, 0.1) is 5.82 Å². The topological polar surface area (TPSA) is 12.9 Å². The molecule has 1 aromatic heterocycles. The van der Waals surface area contributed by atoms with Crippen LogP contribution in [0.4, 0.5) is 4.39 Å². The zero-order chi connectivity index (χ0) is 10.3. The lowest BCUT2D eigenvalue weighted by molar-refractivity contribution is 0.597. The van der Waals surface area contributed by atoms with Gasteiger partial charge < -0.3 is 0 Å². The van der Waals surface area contributed by atoms with Crippen LogP contribution in [0.5, 0.6) is 0 Å². The van der Waals surface area contributed by atoms with Crippen molar-refractivity contribution in [1.29, 1.82) is 0 Å². The van der Waals surface area contributed by atoms with Gasteiger partial charge in [-0.15, -0.1) is 0 Å². The molecule has 1 nitrogen and oxygen atoms in total. The average Bonchev–Trinajstić information content (AvgIpc) is 2.87. The van der Waals surface area contributed by atoms with Gasteiger partial charge in [0, 0.05) is 10.0 Å². The number of halogens is 2. The Bertz CT molecular complexity index is 359. The Morgan fingerprint density at radius 1 is 1.50 bits per heavy atom. The Labute approximate surface area is 91.9 Å². The lowest BCUT2D eigenvalue weighted by Gasteiger charge is -2.11. The van der Waals surface area contributed by atoms with E-state index in [1.807, 2.05) is 0 Å². The number of rotatable bonds is 2. The van der Waals surface area contributed by atoms with Crippen molar-refractivity contribution in [1.82, 2.24) is 4.98 Å². The maximum atomic E-state index is 13.5. The molecule has 0 atom stereocenters. The van der Waals surface area contributed by atoms with Gasteiger partial charge >= 0.3 is 0 Å². The number of aromatic nitrogens is 1. The summed E-state index contributed by atoms with van der Waals surface area (Å²) in [6.45, 7) is 4.14. The smallest absolute Gasteiger partial charge is 0.146 e. The van der Waals surface area contributed by atoms with E-state index in [4.69, 9.17) is 0 Å². The van der Waals surface area contributed by atoms with E-state index in [1.54, 1.807) is 0 Å². The molecular formula is C11H13BrFN. The molecule has 0 spiro atoms. The lowest BCUT2D eigenvalue weighted by Crippen LogP contribution is -2.00. The Balaban J connectivity index is 2.50. The van der Waals surface area contributed by atoms with Gasteiger partial charge in [-0.2, -0.15) is 0 Å². The Morgan fingerprint density at radius 3 is 2.64 bits per heavy atom. The zero-order valence-corrected chi connectivity index (χ0v) is 9.94. The van der Waals surface area contributed by atoms with Crippen LogP contribution in [0.2, 0.25) is 0 Å². The van der Waals surface area contributed by atoms with E-state index in [9.17, 15) is 4.39 Å². The standard InChI is InChI=1S/C11H13BrFN/c1-6(2)11-10(12)9(7-3-4-7)8(13)5-14-11/h5-7H,3-4H2,1-2H3. The predicted molar refractivity (Wildman–Crippen MR) is 58.0 cm³/mol. The normalized spacial score (nSPS) is 16.4. The number of nitrogens with zero attached hydrogens (tertiary/aromatic N) is 1. The van der Waals surface area contributed by atoms with E-state index in [-0.39, 0.29) is 5.82 Å². The molecule has 1 aliphatic rings. The predicted octanol–water partition coefficient (Wildman–Crippen LogP) is 3.98. The van der Waals surface area contributed by atoms with Crippen molar-refractivity contribution in [2.75, 3.05) is 0 Å². The number of hydrogen-bond donors (Lipinski definition) is 0. The van der Waals surface area contributed by atoms with Crippen LogP contribution in [0.15, 0.2) is 10.7 Å². The molecule has 1 aromatic rings. The van der Waals surface area contributed by atoms with Crippen LogP contribution < -0.4 is 0 Å². The Kier molecular flexibility index (Phi) is 2.60. The lowest BCUT2D eigenvalue weighted by atomic mass is 10.0. The third-order valence-corrected chi connectivity index (χ3v) is 3.40. The van der Waals surface area contributed by atoms with Gasteiger partial charge in [-0.25, -0.2) is 4.39 Å².